The van der Waals surface area contributed by atoms with E-state index in [2.05, 4.69) is 15.2 Å². The minimum atomic E-state index is -1.61. The maximum atomic E-state index is 13.1. The van der Waals surface area contributed by atoms with Gasteiger partial charge in [0, 0.05) is 12.7 Å². The van der Waals surface area contributed by atoms with Gasteiger partial charge in [0.25, 0.3) is 5.91 Å². The Labute approximate surface area is 193 Å². The summed E-state index contributed by atoms with van der Waals surface area (Å²) < 4.78 is 19.2. The molecule has 0 radical (unpaired) electrons. The number of aliphatic hydroxyl groups is 2. The van der Waals surface area contributed by atoms with Crippen LogP contribution in [0.15, 0.2) is 65.6 Å². The molecule has 4 atom stereocenters. The molecule has 1 aliphatic rings. The smallest absolute Gasteiger partial charge is 0.351 e. The van der Waals surface area contributed by atoms with Crippen molar-refractivity contribution in [3.8, 4) is 11.1 Å². The second-order valence-electron chi connectivity index (χ2n) is 7.77. The molecule has 2 aromatic carbocycles. The standard InChI is InChI=1S/C23H23FN4O6/c24-34-19-18(30)17(12-29)33-22(19)28-11-16(20(25)27-23(28)32)21(31)26-10-13-5-4-8-15(9-13)14-6-2-1-3-7-14/h1-9,11,17-19,22,29-30H,10,12H2,(H,26,31)(H2,25,27,32)/t17-,18+,19-,22-/m1/s1. The summed E-state index contributed by atoms with van der Waals surface area (Å²) >= 11 is 0. The van der Waals surface area contributed by atoms with Gasteiger partial charge >= 0.3 is 5.69 Å². The van der Waals surface area contributed by atoms with E-state index in [-0.39, 0.29) is 17.9 Å². The normalized spacial score (nSPS) is 22.0. The second-order valence-corrected chi connectivity index (χ2v) is 7.77. The number of benzene rings is 2. The molecule has 3 aromatic rings. The molecule has 1 saturated heterocycles. The largest absolute Gasteiger partial charge is 0.394 e. The highest BCUT2D eigenvalue weighted by Crippen LogP contribution is 2.31. The van der Waals surface area contributed by atoms with Gasteiger partial charge < -0.3 is 26.0 Å². The van der Waals surface area contributed by atoms with Crippen LogP contribution in [0, 0.1) is 0 Å². The van der Waals surface area contributed by atoms with Crippen LogP contribution in [0.3, 0.4) is 0 Å². The van der Waals surface area contributed by atoms with Gasteiger partial charge in [-0.05, 0) is 27.3 Å². The van der Waals surface area contributed by atoms with Crippen LogP contribution in [-0.2, 0) is 16.2 Å². The number of carbonyl (C=O) groups excluding carboxylic acids is 1. The van der Waals surface area contributed by atoms with Gasteiger partial charge in [0.15, 0.2) is 12.3 Å². The lowest BCUT2D eigenvalue weighted by Gasteiger charge is -2.19. The van der Waals surface area contributed by atoms with Gasteiger partial charge in [-0.1, -0.05) is 48.5 Å². The predicted molar refractivity (Wildman–Crippen MR) is 119 cm³/mol. The third-order valence-electron chi connectivity index (χ3n) is 5.58. The molecule has 0 bridgehead atoms. The van der Waals surface area contributed by atoms with Crippen LogP contribution in [0.1, 0.15) is 22.1 Å². The van der Waals surface area contributed by atoms with Gasteiger partial charge in [-0.2, -0.15) is 9.93 Å². The van der Waals surface area contributed by atoms with Crippen molar-refractivity contribution in [3.63, 3.8) is 0 Å². The van der Waals surface area contributed by atoms with Crippen molar-refractivity contribution in [3.05, 3.63) is 82.4 Å². The van der Waals surface area contributed by atoms with Gasteiger partial charge in [0.05, 0.1) is 12.2 Å². The molecule has 0 unspecified atom stereocenters. The first kappa shape index (κ1) is 23.5. The number of nitrogens with two attached hydrogens (primary N) is 1. The summed E-state index contributed by atoms with van der Waals surface area (Å²) in [5, 5.41) is 22.0. The molecule has 2 heterocycles. The summed E-state index contributed by atoms with van der Waals surface area (Å²) in [7, 11) is 0. The lowest BCUT2D eigenvalue weighted by molar-refractivity contribution is -0.221. The van der Waals surface area contributed by atoms with Crippen LogP contribution in [0.25, 0.3) is 11.1 Å². The maximum Gasteiger partial charge on any atom is 0.351 e. The number of nitrogen functional groups attached to an aromatic ring is 1. The van der Waals surface area contributed by atoms with Crippen molar-refractivity contribution in [2.75, 3.05) is 12.3 Å². The van der Waals surface area contributed by atoms with Crippen molar-refractivity contribution < 1.29 is 29.2 Å². The quantitative estimate of drug-likeness (QED) is 0.399. The lowest BCUT2D eigenvalue weighted by atomic mass is 10.0. The Bertz CT molecular complexity index is 1220. The molecule has 4 rings (SSSR count). The number of ether oxygens (including phenoxy) is 1. The van der Waals surface area contributed by atoms with Crippen molar-refractivity contribution in [2.24, 2.45) is 0 Å². The number of rotatable bonds is 7. The number of aromatic nitrogens is 2. The summed E-state index contributed by atoms with van der Waals surface area (Å²) in [4.78, 5) is 32.6. The summed E-state index contributed by atoms with van der Waals surface area (Å²) in [6.45, 7) is -0.469. The third-order valence-corrected chi connectivity index (χ3v) is 5.58. The Morgan fingerprint density at radius 3 is 2.65 bits per heavy atom. The molecule has 1 aliphatic heterocycles. The topological polar surface area (TPSA) is 149 Å². The van der Waals surface area contributed by atoms with Crippen molar-refractivity contribution in [1.82, 2.24) is 14.9 Å². The minimum absolute atomic E-state index is 0.151. The van der Waals surface area contributed by atoms with Crippen LogP contribution in [0.2, 0.25) is 0 Å². The Morgan fingerprint density at radius 2 is 1.94 bits per heavy atom. The summed E-state index contributed by atoms with van der Waals surface area (Å²) in [6.07, 6.45) is -4.75. The zero-order valence-electron chi connectivity index (χ0n) is 17.9. The number of carbonyl (C=O) groups is 1. The van der Waals surface area contributed by atoms with Crippen molar-refractivity contribution in [1.29, 1.82) is 0 Å². The summed E-state index contributed by atoms with van der Waals surface area (Å²) in [5.41, 5.74) is 7.53. The van der Waals surface area contributed by atoms with Gasteiger partial charge in [0.2, 0.25) is 0 Å². The highest BCUT2D eigenvalue weighted by atomic mass is 19.3. The first-order valence-electron chi connectivity index (χ1n) is 10.5. The monoisotopic (exact) mass is 470 g/mol. The number of halogens is 1. The molecule has 0 saturated carbocycles. The molecule has 11 heteroatoms. The Kier molecular flexibility index (Phi) is 6.98. The van der Waals surface area contributed by atoms with Crippen LogP contribution >= 0.6 is 0 Å². The van der Waals surface area contributed by atoms with Gasteiger partial charge in [-0.3, -0.25) is 9.36 Å². The molecule has 1 amide bonds. The third kappa shape index (κ3) is 4.68. The molecule has 5 N–H and O–H groups in total. The molecule has 10 nitrogen and oxygen atoms in total. The fraction of sp³-hybridized carbons (Fsp3) is 0.261. The van der Waals surface area contributed by atoms with Crippen molar-refractivity contribution >= 4 is 11.7 Å². The summed E-state index contributed by atoms with van der Waals surface area (Å²) in [6, 6.07) is 17.4. The van der Waals surface area contributed by atoms with Crippen LogP contribution in [0.4, 0.5) is 10.3 Å². The molecule has 0 spiro atoms. The number of hydrogen-bond donors (Lipinski definition) is 4. The fourth-order valence-corrected chi connectivity index (χ4v) is 3.80. The summed E-state index contributed by atoms with van der Waals surface area (Å²) in [5.74, 6) is -0.953. The van der Waals surface area contributed by atoms with Crippen LogP contribution in [0.5, 0.6) is 0 Å². The number of aliphatic hydroxyl groups excluding tert-OH is 2. The minimum Gasteiger partial charge on any atom is -0.394 e. The van der Waals surface area contributed by atoms with Gasteiger partial charge in [0.1, 0.15) is 18.0 Å². The molecule has 1 aromatic heterocycles. The molecule has 178 valence electrons. The van der Waals surface area contributed by atoms with E-state index in [1.807, 2.05) is 54.6 Å². The molecule has 0 aliphatic carbocycles. The highest BCUT2D eigenvalue weighted by molar-refractivity contribution is 5.97. The number of amides is 1. The van der Waals surface area contributed by atoms with Crippen LogP contribution < -0.4 is 16.7 Å². The number of hydrogen-bond acceptors (Lipinski definition) is 8. The van der Waals surface area contributed by atoms with E-state index in [1.54, 1.807) is 0 Å². The van der Waals surface area contributed by atoms with E-state index >= 15 is 0 Å². The van der Waals surface area contributed by atoms with E-state index in [0.717, 1.165) is 27.5 Å². The SMILES string of the molecule is Nc1nc(=O)n([C@@H]2O[C@H](CO)[C@H](O)[C@H]2OF)cc1C(=O)NCc1cccc(-c2ccccc2)c1. The lowest BCUT2D eigenvalue weighted by Crippen LogP contribution is -2.38. The Hall–Kier alpha value is -3.64. The molecule has 1 fully saturated rings. The van der Waals surface area contributed by atoms with Gasteiger partial charge in [-0.25, -0.2) is 4.79 Å². The molecular weight excluding hydrogens is 447 g/mol. The average Bonchev–Trinajstić information content (AvgIpc) is 3.18. The second kappa shape index (κ2) is 10.1. The van der Waals surface area contributed by atoms with E-state index < -0.39 is 42.7 Å². The Morgan fingerprint density at radius 1 is 1.21 bits per heavy atom. The first-order chi connectivity index (χ1) is 16.4. The Balaban J connectivity index is 1.54. The predicted octanol–water partition coefficient (Wildman–Crippen LogP) is 0.943. The number of nitrogens with zero attached hydrogens (tertiary/aromatic N) is 2. The number of anilines is 1. The first-order valence-corrected chi connectivity index (χ1v) is 10.5. The van der Waals surface area contributed by atoms with Crippen molar-refractivity contribution in [2.45, 2.75) is 31.1 Å². The van der Waals surface area contributed by atoms with Crippen LogP contribution in [-0.4, -0.2) is 50.6 Å². The number of nitrogens with one attached hydrogen (secondary N) is 1. The maximum absolute atomic E-state index is 13.1. The van der Waals surface area contributed by atoms with E-state index in [9.17, 15) is 24.3 Å². The van der Waals surface area contributed by atoms with E-state index in [4.69, 9.17) is 10.5 Å². The zero-order valence-corrected chi connectivity index (χ0v) is 17.9. The fourth-order valence-electron chi connectivity index (χ4n) is 3.80. The molecule has 34 heavy (non-hydrogen) atoms. The molecular formula is C23H23FN4O6. The van der Waals surface area contributed by atoms with E-state index in [0.29, 0.717) is 0 Å². The van der Waals surface area contributed by atoms with Gasteiger partial charge in [-0.15, -0.1) is 0 Å². The van der Waals surface area contributed by atoms with E-state index in [1.165, 1.54) is 0 Å². The highest BCUT2D eigenvalue weighted by Gasteiger charge is 2.47. The zero-order chi connectivity index (χ0) is 24.2. The average molecular weight is 470 g/mol.